The van der Waals surface area contributed by atoms with E-state index in [-0.39, 0.29) is 28.6 Å². The van der Waals surface area contributed by atoms with Crippen molar-refractivity contribution in [1.82, 2.24) is 0 Å². The summed E-state index contributed by atoms with van der Waals surface area (Å²) in [6.45, 7) is 4.02. The Labute approximate surface area is 215 Å². The maximum absolute atomic E-state index is 13.3. The first-order valence-electron chi connectivity index (χ1n) is 10.9. The molecule has 0 aromatic heterocycles. The van der Waals surface area contributed by atoms with Crippen LogP contribution in [-0.4, -0.2) is 44.8 Å². The zero-order chi connectivity index (χ0) is 26.3. The smallest absolute Gasteiger partial charge is 0.377 e. The van der Waals surface area contributed by atoms with E-state index in [1.807, 2.05) is 18.2 Å². The van der Waals surface area contributed by atoms with Gasteiger partial charge in [-0.2, -0.15) is 21.6 Å². The number of benzene rings is 2. The minimum atomic E-state index is -4.74. The van der Waals surface area contributed by atoms with E-state index in [0.717, 1.165) is 30.6 Å². The van der Waals surface area contributed by atoms with Crippen LogP contribution in [0.5, 0.6) is 0 Å². The number of amides is 1. The SMILES string of the molecule is C=C(SC(N)=NS(=O)(=O)c1ccc(N2CC[C@H](N3CCCc4cc(Cl)ccc43)C2=O)cc1)C(F)(F)F. The van der Waals surface area contributed by atoms with Crippen LogP contribution in [0.25, 0.3) is 0 Å². The number of carbonyl (C=O) groups is 1. The third-order valence-corrected chi connectivity index (χ3v) is 8.38. The lowest BCUT2D eigenvalue weighted by molar-refractivity contribution is -0.118. The summed E-state index contributed by atoms with van der Waals surface area (Å²) in [6, 6.07) is 10.7. The van der Waals surface area contributed by atoms with Crippen LogP contribution in [0.4, 0.5) is 24.5 Å². The summed E-state index contributed by atoms with van der Waals surface area (Å²) in [4.78, 5) is 15.4. The van der Waals surface area contributed by atoms with E-state index in [9.17, 15) is 26.4 Å². The molecule has 0 saturated carbocycles. The maximum Gasteiger partial charge on any atom is 0.422 e. The molecule has 1 atom stereocenters. The fourth-order valence-corrected chi connectivity index (χ4v) is 6.13. The van der Waals surface area contributed by atoms with Gasteiger partial charge in [0.1, 0.15) is 6.04 Å². The molecule has 4 rings (SSSR count). The van der Waals surface area contributed by atoms with Gasteiger partial charge in [-0.3, -0.25) is 4.79 Å². The predicted octanol–water partition coefficient (Wildman–Crippen LogP) is 4.71. The summed E-state index contributed by atoms with van der Waals surface area (Å²) in [7, 11) is -4.36. The van der Waals surface area contributed by atoms with Gasteiger partial charge in [0.15, 0.2) is 5.17 Å². The number of sulfonamides is 1. The van der Waals surface area contributed by atoms with E-state index in [2.05, 4.69) is 15.9 Å². The van der Waals surface area contributed by atoms with Crippen molar-refractivity contribution in [3.8, 4) is 0 Å². The maximum atomic E-state index is 13.3. The number of rotatable bonds is 5. The van der Waals surface area contributed by atoms with Crippen molar-refractivity contribution in [3.05, 3.63) is 64.5 Å². The average Bonchev–Trinajstić information content (AvgIpc) is 3.18. The molecule has 0 radical (unpaired) electrons. The van der Waals surface area contributed by atoms with E-state index >= 15 is 0 Å². The number of hydrogen-bond acceptors (Lipinski definition) is 5. The van der Waals surface area contributed by atoms with E-state index in [4.69, 9.17) is 17.3 Å². The van der Waals surface area contributed by atoms with Gasteiger partial charge in [0.05, 0.1) is 9.80 Å². The van der Waals surface area contributed by atoms with E-state index < -0.39 is 26.3 Å². The van der Waals surface area contributed by atoms with Crippen molar-refractivity contribution >= 4 is 55.8 Å². The summed E-state index contributed by atoms with van der Waals surface area (Å²) >= 11 is 6.05. The largest absolute Gasteiger partial charge is 0.422 e. The van der Waals surface area contributed by atoms with Crippen LogP contribution in [0.15, 0.2) is 63.2 Å². The van der Waals surface area contributed by atoms with Crippen LogP contribution in [0.1, 0.15) is 18.4 Å². The van der Waals surface area contributed by atoms with Gasteiger partial charge in [-0.1, -0.05) is 18.2 Å². The van der Waals surface area contributed by atoms with Gasteiger partial charge in [0, 0.05) is 29.5 Å². The van der Waals surface area contributed by atoms with Gasteiger partial charge in [0.2, 0.25) is 5.91 Å². The lowest BCUT2D eigenvalue weighted by Gasteiger charge is -2.35. The zero-order valence-electron chi connectivity index (χ0n) is 18.8. The van der Waals surface area contributed by atoms with Crippen LogP contribution in [0.2, 0.25) is 5.02 Å². The molecule has 2 aliphatic rings. The fraction of sp³-hybridized carbons (Fsp3) is 0.304. The molecule has 13 heteroatoms. The first-order chi connectivity index (χ1) is 16.9. The predicted molar refractivity (Wildman–Crippen MR) is 136 cm³/mol. The Morgan fingerprint density at radius 2 is 1.86 bits per heavy atom. The summed E-state index contributed by atoms with van der Waals surface area (Å²) < 4.78 is 66.0. The summed E-state index contributed by atoms with van der Waals surface area (Å²) in [5.74, 6) is -0.0993. The van der Waals surface area contributed by atoms with Gasteiger partial charge in [-0.05, 0) is 79.1 Å². The van der Waals surface area contributed by atoms with E-state index in [0.29, 0.717) is 23.7 Å². The Morgan fingerprint density at radius 1 is 1.17 bits per heavy atom. The lowest BCUT2D eigenvalue weighted by Crippen LogP contribution is -2.44. The van der Waals surface area contributed by atoms with Crippen molar-refractivity contribution in [2.75, 3.05) is 22.9 Å². The van der Waals surface area contributed by atoms with E-state index in [1.165, 1.54) is 24.3 Å². The fourth-order valence-electron chi connectivity index (χ4n) is 4.30. The number of anilines is 2. The number of nitrogens with zero attached hydrogens (tertiary/aromatic N) is 3. The van der Waals surface area contributed by atoms with Crippen LogP contribution in [0.3, 0.4) is 0 Å². The van der Waals surface area contributed by atoms with Crippen molar-refractivity contribution in [1.29, 1.82) is 0 Å². The number of alkyl halides is 3. The molecular weight excluding hydrogens is 537 g/mol. The van der Waals surface area contributed by atoms with Gasteiger partial charge < -0.3 is 15.5 Å². The molecule has 2 heterocycles. The highest BCUT2D eigenvalue weighted by Crippen LogP contribution is 2.35. The molecule has 2 aromatic rings. The van der Waals surface area contributed by atoms with Gasteiger partial charge in [-0.15, -0.1) is 4.40 Å². The minimum absolute atomic E-state index is 0.0742. The highest BCUT2D eigenvalue weighted by molar-refractivity contribution is 8.17. The number of amidine groups is 1. The first kappa shape index (κ1) is 26.4. The van der Waals surface area contributed by atoms with Crippen LogP contribution < -0.4 is 15.5 Å². The van der Waals surface area contributed by atoms with Crippen molar-refractivity contribution in [3.63, 3.8) is 0 Å². The molecule has 0 bridgehead atoms. The molecule has 7 nitrogen and oxygen atoms in total. The highest BCUT2D eigenvalue weighted by atomic mass is 35.5. The number of thioether (sulfide) groups is 1. The van der Waals surface area contributed by atoms with Crippen molar-refractivity contribution in [2.45, 2.75) is 36.4 Å². The second-order valence-electron chi connectivity index (χ2n) is 8.29. The van der Waals surface area contributed by atoms with Crippen LogP contribution >= 0.6 is 23.4 Å². The summed E-state index contributed by atoms with van der Waals surface area (Å²) in [5, 5.41) is -0.151. The monoisotopic (exact) mass is 558 g/mol. The Hall–Kier alpha value is -2.70. The molecule has 1 fully saturated rings. The molecule has 0 unspecified atom stereocenters. The summed E-state index contributed by atoms with van der Waals surface area (Å²) in [6.07, 6.45) is -2.34. The Bertz CT molecular complexity index is 1330. The lowest BCUT2D eigenvalue weighted by atomic mass is 9.99. The second kappa shape index (κ2) is 9.98. The normalized spacial score (nSPS) is 18.9. The van der Waals surface area contributed by atoms with Crippen molar-refractivity contribution < 1.29 is 26.4 Å². The van der Waals surface area contributed by atoms with Crippen LogP contribution in [0, 0.1) is 0 Å². The third kappa shape index (κ3) is 5.50. The Morgan fingerprint density at radius 3 is 2.53 bits per heavy atom. The highest BCUT2D eigenvalue weighted by Gasteiger charge is 2.38. The molecule has 0 spiro atoms. The minimum Gasteiger partial charge on any atom is -0.377 e. The van der Waals surface area contributed by atoms with Crippen molar-refractivity contribution in [2.24, 2.45) is 10.1 Å². The number of aryl methyl sites for hydroxylation is 1. The number of halogens is 4. The average molecular weight is 559 g/mol. The van der Waals surface area contributed by atoms with E-state index in [1.54, 1.807) is 4.90 Å². The number of nitrogens with two attached hydrogens (primary N) is 1. The Balaban J connectivity index is 1.49. The zero-order valence-corrected chi connectivity index (χ0v) is 21.2. The second-order valence-corrected chi connectivity index (χ2v) is 11.4. The van der Waals surface area contributed by atoms with Gasteiger partial charge >= 0.3 is 6.18 Å². The number of hydrogen-bond donors (Lipinski definition) is 1. The standard InChI is InChI=1S/C23H22ClF3N4O3S2/c1-14(23(25,26)27)35-22(28)29-36(33,34)18-7-5-17(6-8-18)30-12-10-20(21(30)32)31-11-2-3-15-13-16(24)4-9-19(15)31/h4-9,13,20H,1-3,10-12H2,(H2,28,29)/t20-/m0/s1. The molecule has 36 heavy (non-hydrogen) atoms. The molecular formula is C23H22ClF3N4O3S2. The Kier molecular flexibility index (Phi) is 7.31. The molecule has 0 aliphatic carbocycles. The molecule has 1 saturated heterocycles. The van der Waals surface area contributed by atoms with Crippen LogP contribution in [-0.2, 0) is 21.2 Å². The molecule has 1 amide bonds. The quantitative estimate of drug-likeness (QED) is 0.422. The molecule has 2 aliphatic heterocycles. The molecule has 2 aromatic carbocycles. The molecule has 192 valence electrons. The van der Waals surface area contributed by atoms with Gasteiger partial charge in [0.25, 0.3) is 10.0 Å². The number of carbonyl (C=O) groups excluding carboxylic acids is 1. The first-order valence-corrected chi connectivity index (χ1v) is 13.5. The topological polar surface area (TPSA) is 96.1 Å². The molecule has 2 N–H and O–H groups in total. The number of allylic oxidation sites excluding steroid dienone is 1. The van der Waals surface area contributed by atoms with Gasteiger partial charge in [-0.25, -0.2) is 0 Å². The third-order valence-electron chi connectivity index (χ3n) is 5.95. The number of fused-ring (bicyclic) bond motifs is 1. The summed E-state index contributed by atoms with van der Waals surface area (Å²) in [5.41, 5.74) is 7.98.